The Morgan fingerprint density at radius 1 is 0.943 bits per heavy atom. The maximum absolute atomic E-state index is 13.0. The van der Waals surface area contributed by atoms with E-state index in [4.69, 9.17) is 4.74 Å². The van der Waals surface area contributed by atoms with Crippen LogP contribution in [0.4, 0.5) is 18.9 Å². The molecule has 0 amide bonds. The molecule has 2 saturated heterocycles. The van der Waals surface area contributed by atoms with Gasteiger partial charge in [0, 0.05) is 43.6 Å². The Hall–Kier alpha value is -1.79. The number of rotatable bonds is 6. The third kappa shape index (κ3) is 5.48. The van der Waals surface area contributed by atoms with Gasteiger partial charge >= 0.3 is 6.18 Å². The van der Waals surface area contributed by atoms with Crippen LogP contribution in [0.3, 0.4) is 0 Å². The van der Waals surface area contributed by atoms with Crippen LogP contribution in [0.15, 0.2) is 36.4 Å². The Kier molecular flexibility index (Phi) is 7.32. The zero-order chi connectivity index (χ0) is 24.6. The summed E-state index contributed by atoms with van der Waals surface area (Å²) >= 11 is 0. The van der Waals surface area contributed by atoms with E-state index in [2.05, 4.69) is 53.5 Å². The summed E-state index contributed by atoms with van der Waals surface area (Å²) in [4.78, 5) is 2.78. The van der Waals surface area contributed by atoms with Gasteiger partial charge in [-0.3, -0.25) is 4.90 Å². The van der Waals surface area contributed by atoms with Gasteiger partial charge in [-0.25, -0.2) is 0 Å². The fraction of sp³-hybridized carbons (Fsp3) is 0.655. The maximum atomic E-state index is 13.0. The van der Waals surface area contributed by atoms with Gasteiger partial charge in [-0.05, 0) is 98.7 Å². The van der Waals surface area contributed by atoms with E-state index in [1.165, 1.54) is 48.4 Å². The van der Waals surface area contributed by atoms with Gasteiger partial charge in [0.15, 0.2) is 0 Å². The molecule has 2 aromatic carbocycles. The number of piperidine rings is 2. The molecule has 5 rings (SSSR count). The second-order valence-corrected chi connectivity index (χ2v) is 11.2. The highest BCUT2D eigenvalue weighted by Gasteiger charge is 2.42. The van der Waals surface area contributed by atoms with Gasteiger partial charge < -0.3 is 10.1 Å². The van der Waals surface area contributed by atoms with Crippen molar-refractivity contribution in [3.8, 4) is 0 Å². The van der Waals surface area contributed by atoms with Crippen LogP contribution in [-0.4, -0.2) is 42.9 Å². The summed E-state index contributed by atoms with van der Waals surface area (Å²) < 4.78 is 44.4. The average Bonchev–Trinajstić information content (AvgIpc) is 2.83. The molecule has 2 aliphatic heterocycles. The fourth-order valence-corrected chi connectivity index (χ4v) is 7.12. The van der Waals surface area contributed by atoms with Crippen molar-refractivity contribution in [2.75, 3.05) is 19.0 Å². The Morgan fingerprint density at radius 2 is 1.60 bits per heavy atom. The van der Waals surface area contributed by atoms with Crippen LogP contribution in [0.25, 0.3) is 10.8 Å². The van der Waals surface area contributed by atoms with Gasteiger partial charge in [0.2, 0.25) is 0 Å². The number of hydrogen-bond acceptors (Lipinski definition) is 3. The molecule has 3 unspecified atom stereocenters. The van der Waals surface area contributed by atoms with Gasteiger partial charge in [-0.2, -0.15) is 13.2 Å². The summed E-state index contributed by atoms with van der Waals surface area (Å²) in [6.07, 6.45) is 3.92. The number of nitrogens with zero attached hydrogens (tertiary/aromatic N) is 1. The topological polar surface area (TPSA) is 24.5 Å². The summed E-state index contributed by atoms with van der Waals surface area (Å²) in [7, 11) is 1.82. The second-order valence-electron chi connectivity index (χ2n) is 11.2. The summed E-state index contributed by atoms with van der Waals surface area (Å²) in [5, 5.41) is 5.89. The first kappa shape index (κ1) is 24.9. The molecule has 2 heterocycles. The number of alkyl halides is 3. The van der Waals surface area contributed by atoms with E-state index in [1.807, 2.05) is 7.11 Å². The minimum Gasteiger partial charge on any atom is -0.384 e. The highest BCUT2D eigenvalue weighted by molar-refractivity contribution is 5.86. The fourth-order valence-electron chi connectivity index (χ4n) is 7.12. The van der Waals surface area contributed by atoms with Crippen molar-refractivity contribution in [2.45, 2.75) is 95.1 Å². The van der Waals surface area contributed by atoms with E-state index in [-0.39, 0.29) is 18.9 Å². The lowest BCUT2D eigenvalue weighted by Gasteiger charge is -2.51. The van der Waals surface area contributed by atoms with Gasteiger partial charge in [0.1, 0.15) is 0 Å². The number of methoxy groups -OCH3 is 1. The van der Waals surface area contributed by atoms with Crippen LogP contribution < -0.4 is 5.32 Å². The molecule has 2 bridgehead atoms. The standard InChI is InChI=1S/C29H39F3N2O/c1-19(34-27-4-3-5-28(34)15-20(14-27)18-35-2)21-6-7-23-17-26(11-8-22(23)16-21)33-25-12-9-24(10-13-25)29(30,31)32/h6-8,11,16-17,19-20,24-25,27-28,33H,3-5,9-10,12-15,18H2,1-2H3. The van der Waals surface area contributed by atoms with E-state index in [9.17, 15) is 13.2 Å². The molecule has 0 aromatic heterocycles. The first-order valence-corrected chi connectivity index (χ1v) is 13.4. The number of nitrogens with one attached hydrogen (secondary N) is 1. The number of ether oxygens (including phenoxy) is 1. The van der Waals surface area contributed by atoms with Gasteiger partial charge in [-0.1, -0.05) is 24.6 Å². The zero-order valence-electron chi connectivity index (χ0n) is 21.0. The summed E-state index contributed by atoms with van der Waals surface area (Å²) in [5.74, 6) is -0.451. The lowest BCUT2D eigenvalue weighted by molar-refractivity contribution is -0.182. The van der Waals surface area contributed by atoms with Crippen molar-refractivity contribution in [2.24, 2.45) is 11.8 Å². The minimum atomic E-state index is -4.05. The Bertz CT molecular complexity index is 987. The number of fused-ring (bicyclic) bond motifs is 3. The predicted octanol–water partition coefficient (Wildman–Crippen LogP) is 7.71. The number of hydrogen-bond donors (Lipinski definition) is 1. The van der Waals surface area contributed by atoms with Crippen molar-refractivity contribution >= 4 is 16.5 Å². The maximum Gasteiger partial charge on any atom is 0.391 e. The van der Waals surface area contributed by atoms with Gasteiger partial charge in [-0.15, -0.1) is 0 Å². The first-order chi connectivity index (χ1) is 16.8. The molecule has 35 heavy (non-hydrogen) atoms. The minimum absolute atomic E-state index is 0.116. The molecule has 0 spiro atoms. The lowest BCUT2D eigenvalue weighted by Crippen LogP contribution is -2.53. The highest BCUT2D eigenvalue weighted by atomic mass is 19.4. The molecule has 3 atom stereocenters. The largest absolute Gasteiger partial charge is 0.391 e. The van der Waals surface area contributed by atoms with Crippen molar-refractivity contribution in [1.82, 2.24) is 4.90 Å². The third-order valence-corrected chi connectivity index (χ3v) is 8.89. The SMILES string of the molecule is COCC1CC2CCCC(C1)N2C(C)c1ccc2cc(NC3CCC(C(F)(F)F)CC3)ccc2c1. The van der Waals surface area contributed by atoms with Crippen molar-refractivity contribution in [3.63, 3.8) is 0 Å². The Morgan fingerprint density at radius 3 is 2.26 bits per heavy atom. The molecule has 3 nitrogen and oxygen atoms in total. The number of benzene rings is 2. The van der Waals surface area contributed by atoms with E-state index in [0.717, 1.165) is 12.3 Å². The molecule has 3 aliphatic rings. The molecule has 2 aromatic rings. The summed E-state index contributed by atoms with van der Waals surface area (Å²) in [5.41, 5.74) is 2.37. The Balaban J connectivity index is 1.25. The second kappa shape index (κ2) is 10.3. The molecule has 1 saturated carbocycles. The summed E-state index contributed by atoms with van der Waals surface area (Å²) in [6.45, 7) is 3.24. The molecule has 192 valence electrons. The quantitative estimate of drug-likeness (QED) is 0.451. The lowest BCUT2D eigenvalue weighted by atomic mass is 9.77. The van der Waals surface area contributed by atoms with Crippen LogP contribution >= 0.6 is 0 Å². The predicted molar refractivity (Wildman–Crippen MR) is 136 cm³/mol. The molecular formula is C29H39F3N2O. The van der Waals surface area contributed by atoms with Crippen LogP contribution in [0.2, 0.25) is 0 Å². The molecule has 1 N–H and O–H groups in total. The summed E-state index contributed by atoms with van der Waals surface area (Å²) in [6, 6.07) is 15.0. The first-order valence-electron chi connectivity index (χ1n) is 13.4. The molecule has 6 heteroatoms. The third-order valence-electron chi connectivity index (χ3n) is 8.89. The van der Waals surface area contributed by atoms with E-state index in [1.54, 1.807) is 0 Å². The van der Waals surface area contributed by atoms with Crippen LogP contribution in [0.1, 0.15) is 76.3 Å². The Labute approximate surface area is 207 Å². The monoisotopic (exact) mass is 488 g/mol. The smallest absolute Gasteiger partial charge is 0.384 e. The zero-order valence-corrected chi connectivity index (χ0v) is 21.0. The average molecular weight is 489 g/mol. The van der Waals surface area contributed by atoms with Crippen molar-refractivity contribution < 1.29 is 17.9 Å². The van der Waals surface area contributed by atoms with Crippen LogP contribution in [0.5, 0.6) is 0 Å². The van der Waals surface area contributed by atoms with Gasteiger partial charge in [0.05, 0.1) is 5.92 Å². The van der Waals surface area contributed by atoms with Crippen LogP contribution in [-0.2, 0) is 4.74 Å². The van der Waals surface area contributed by atoms with E-state index in [0.29, 0.717) is 36.9 Å². The molecule has 0 radical (unpaired) electrons. The van der Waals surface area contributed by atoms with E-state index >= 15 is 0 Å². The molecule has 1 aliphatic carbocycles. The van der Waals surface area contributed by atoms with Crippen molar-refractivity contribution in [3.05, 3.63) is 42.0 Å². The van der Waals surface area contributed by atoms with Crippen molar-refractivity contribution in [1.29, 1.82) is 0 Å². The number of halogens is 3. The normalized spacial score (nSPS) is 30.8. The number of anilines is 1. The van der Waals surface area contributed by atoms with Gasteiger partial charge in [0.25, 0.3) is 0 Å². The highest BCUT2D eigenvalue weighted by Crippen LogP contribution is 2.43. The van der Waals surface area contributed by atoms with E-state index < -0.39 is 12.1 Å². The molecule has 3 fully saturated rings. The van der Waals surface area contributed by atoms with Crippen LogP contribution in [0, 0.1) is 11.8 Å². The molecular weight excluding hydrogens is 449 g/mol.